The number of H-pyrrole nitrogens is 1. The first-order chi connectivity index (χ1) is 13.6. The van der Waals surface area contributed by atoms with Crippen LogP contribution in [0.15, 0.2) is 42.7 Å². The molecule has 3 aromatic heterocycles. The van der Waals surface area contributed by atoms with Crippen molar-refractivity contribution in [2.75, 3.05) is 34.4 Å². The summed E-state index contributed by atoms with van der Waals surface area (Å²) in [6.45, 7) is 5.07. The van der Waals surface area contributed by atoms with E-state index in [1.165, 1.54) is 0 Å². The predicted molar refractivity (Wildman–Crippen MR) is 113 cm³/mol. The number of fused-ring (bicyclic) bond motifs is 2. The summed E-state index contributed by atoms with van der Waals surface area (Å²) in [5.41, 5.74) is 4.20. The number of benzene rings is 1. The van der Waals surface area contributed by atoms with Crippen LogP contribution in [0.25, 0.3) is 33.2 Å². The van der Waals surface area contributed by atoms with E-state index in [0.29, 0.717) is 0 Å². The molecule has 0 amide bonds. The Balaban J connectivity index is 1.88. The zero-order chi connectivity index (χ0) is 19.7. The minimum Gasteiger partial charge on any atom is -0.493 e. The molecule has 0 unspecified atom stereocenters. The number of aromatic nitrogens is 3. The smallest absolute Gasteiger partial charge is 0.162 e. The molecular weight excluding hydrogens is 352 g/mol. The van der Waals surface area contributed by atoms with Crippen LogP contribution in [0.4, 0.5) is 0 Å². The first-order valence-electron chi connectivity index (χ1n) is 9.52. The van der Waals surface area contributed by atoms with Crippen molar-refractivity contribution in [1.82, 2.24) is 19.4 Å². The highest BCUT2D eigenvalue weighted by atomic mass is 16.5. The zero-order valence-corrected chi connectivity index (χ0v) is 16.8. The number of nitrogens with one attached hydrogen (secondary N) is 1. The van der Waals surface area contributed by atoms with Gasteiger partial charge < -0.3 is 23.9 Å². The Morgan fingerprint density at radius 2 is 1.93 bits per heavy atom. The molecule has 0 fully saturated rings. The third-order valence-electron chi connectivity index (χ3n) is 5.33. The SMILES string of the molecule is CCN(C)CCn1cc(-c2cc3cccnc3[nH]2)c2cc(OC)c(OC)cc21. The van der Waals surface area contributed by atoms with Gasteiger partial charge in [0, 0.05) is 53.6 Å². The van der Waals surface area contributed by atoms with Gasteiger partial charge in [-0.05, 0) is 37.9 Å². The van der Waals surface area contributed by atoms with Gasteiger partial charge in [-0.1, -0.05) is 6.92 Å². The molecule has 1 N–H and O–H groups in total. The van der Waals surface area contributed by atoms with Crippen molar-refractivity contribution < 1.29 is 9.47 Å². The van der Waals surface area contributed by atoms with Gasteiger partial charge in [-0.3, -0.25) is 0 Å². The fourth-order valence-corrected chi connectivity index (χ4v) is 3.56. The van der Waals surface area contributed by atoms with Gasteiger partial charge in [0.05, 0.1) is 19.7 Å². The Kier molecular flexibility index (Phi) is 4.96. The summed E-state index contributed by atoms with van der Waals surface area (Å²) in [6, 6.07) is 10.3. The molecule has 0 saturated carbocycles. The van der Waals surface area contributed by atoms with E-state index in [0.717, 1.165) is 64.3 Å². The summed E-state index contributed by atoms with van der Waals surface area (Å²) in [7, 11) is 5.48. The number of aromatic amines is 1. The molecule has 6 nitrogen and oxygen atoms in total. The largest absolute Gasteiger partial charge is 0.493 e. The average molecular weight is 378 g/mol. The first kappa shape index (κ1) is 18.4. The molecule has 146 valence electrons. The maximum Gasteiger partial charge on any atom is 0.162 e. The van der Waals surface area contributed by atoms with E-state index in [1.807, 2.05) is 6.07 Å². The molecule has 6 heteroatoms. The lowest BCUT2D eigenvalue weighted by Gasteiger charge is -2.15. The van der Waals surface area contributed by atoms with Gasteiger partial charge >= 0.3 is 0 Å². The number of nitrogens with zero attached hydrogens (tertiary/aromatic N) is 3. The van der Waals surface area contributed by atoms with Crippen LogP contribution in [0.3, 0.4) is 0 Å². The second-order valence-corrected chi connectivity index (χ2v) is 6.98. The van der Waals surface area contributed by atoms with E-state index in [1.54, 1.807) is 20.4 Å². The number of pyridine rings is 1. The standard InChI is InChI=1S/C22H26N4O2/c1-5-25(2)9-10-26-14-17(18-11-15-7-6-8-23-22(15)24-18)16-12-20(27-3)21(28-4)13-19(16)26/h6-8,11-14H,5,9-10H2,1-4H3,(H,23,24). The summed E-state index contributed by atoms with van der Waals surface area (Å²) >= 11 is 0. The molecule has 0 aliphatic heterocycles. The number of likely N-dealkylation sites (N-methyl/N-ethyl adjacent to an activating group) is 1. The minimum atomic E-state index is 0.730. The van der Waals surface area contributed by atoms with E-state index >= 15 is 0 Å². The number of ether oxygens (including phenoxy) is 2. The number of hydrogen-bond acceptors (Lipinski definition) is 4. The van der Waals surface area contributed by atoms with Gasteiger partial charge in [-0.25, -0.2) is 4.98 Å². The maximum absolute atomic E-state index is 5.55. The molecule has 0 atom stereocenters. The van der Waals surface area contributed by atoms with E-state index < -0.39 is 0 Å². The first-order valence-corrected chi connectivity index (χ1v) is 9.52. The molecule has 4 aromatic rings. The molecule has 0 radical (unpaired) electrons. The van der Waals surface area contributed by atoms with Crippen LogP contribution < -0.4 is 9.47 Å². The van der Waals surface area contributed by atoms with Crippen molar-refractivity contribution in [2.45, 2.75) is 13.5 Å². The lowest BCUT2D eigenvalue weighted by molar-refractivity contribution is 0.337. The second kappa shape index (κ2) is 7.56. The van der Waals surface area contributed by atoms with Gasteiger partial charge in [0.2, 0.25) is 0 Å². The molecule has 0 spiro atoms. The Labute approximate surface area is 164 Å². The van der Waals surface area contributed by atoms with Gasteiger partial charge in [0.15, 0.2) is 11.5 Å². The Morgan fingerprint density at radius 3 is 2.64 bits per heavy atom. The highest BCUT2D eigenvalue weighted by Crippen LogP contribution is 2.38. The number of rotatable bonds is 7. The summed E-state index contributed by atoms with van der Waals surface area (Å²) in [4.78, 5) is 10.2. The zero-order valence-electron chi connectivity index (χ0n) is 16.8. The normalized spacial score (nSPS) is 11.6. The van der Waals surface area contributed by atoms with E-state index in [9.17, 15) is 0 Å². The summed E-state index contributed by atoms with van der Waals surface area (Å²) in [5, 5.41) is 2.23. The van der Waals surface area contributed by atoms with Crippen molar-refractivity contribution >= 4 is 21.9 Å². The molecule has 0 aliphatic carbocycles. The molecular formula is C22H26N4O2. The fraction of sp³-hybridized carbons (Fsp3) is 0.318. The molecule has 1 aromatic carbocycles. The molecule has 0 aliphatic rings. The Bertz CT molecular complexity index is 1080. The van der Waals surface area contributed by atoms with Gasteiger partial charge in [0.1, 0.15) is 5.65 Å². The average Bonchev–Trinajstić information content (AvgIpc) is 3.31. The monoisotopic (exact) mass is 378 g/mol. The maximum atomic E-state index is 5.55. The molecule has 28 heavy (non-hydrogen) atoms. The van der Waals surface area contributed by atoms with Crippen LogP contribution in [-0.4, -0.2) is 53.8 Å². The van der Waals surface area contributed by atoms with Gasteiger partial charge in [-0.15, -0.1) is 0 Å². The third-order valence-corrected chi connectivity index (χ3v) is 5.33. The summed E-state index contributed by atoms with van der Waals surface area (Å²) in [5.74, 6) is 1.47. The second-order valence-electron chi connectivity index (χ2n) is 6.98. The molecule has 3 heterocycles. The number of methoxy groups -OCH3 is 2. The Morgan fingerprint density at radius 1 is 1.14 bits per heavy atom. The van der Waals surface area contributed by atoms with Crippen LogP contribution in [0, 0.1) is 0 Å². The van der Waals surface area contributed by atoms with Crippen LogP contribution in [-0.2, 0) is 6.54 Å². The summed E-state index contributed by atoms with van der Waals surface area (Å²) in [6.07, 6.45) is 4.01. The topological polar surface area (TPSA) is 55.3 Å². The van der Waals surface area contributed by atoms with E-state index in [4.69, 9.17) is 9.47 Å². The van der Waals surface area contributed by atoms with Crippen LogP contribution >= 0.6 is 0 Å². The van der Waals surface area contributed by atoms with Gasteiger partial charge in [0.25, 0.3) is 0 Å². The highest BCUT2D eigenvalue weighted by molar-refractivity contribution is 5.99. The fourth-order valence-electron chi connectivity index (χ4n) is 3.56. The van der Waals surface area contributed by atoms with E-state index in [-0.39, 0.29) is 0 Å². The molecule has 0 bridgehead atoms. The van der Waals surface area contributed by atoms with Crippen molar-refractivity contribution in [3.8, 4) is 22.8 Å². The quantitative estimate of drug-likeness (QED) is 0.525. The number of hydrogen-bond donors (Lipinski definition) is 1. The van der Waals surface area contributed by atoms with Crippen LogP contribution in [0.5, 0.6) is 11.5 Å². The third kappa shape index (κ3) is 3.20. The van der Waals surface area contributed by atoms with Crippen molar-refractivity contribution in [3.63, 3.8) is 0 Å². The predicted octanol–water partition coefficient (Wildman–Crippen LogP) is 4.15. The minimum absolute atomic E-state index is 0.730. The molecule has 4 rings (SSSR count). The van der Waals surface area contributed by atoms with Crippen LogP contribution in [0.1, 0.15) is 6.92 Å². The van der Waals surface area contributed by atoms with Crippen molar-refractivity contribution in [3.05, 3.63) is 42.7 Å². The lowest BCUT2D eigenvalue weighted by Crippen LogP contribution is -2.22. The Hall–Kier alpha value is -2.99. The highest BCUT2D eigenvalue weighted by Gasteiger charge is 2.17. The van der Waals surface area contributed by atoms with Crippen molar-refractivity contribution in [2.24, 2.45) is 0 Å². The van der Waals surface area contributed by atoms with E-state index in [2.05, 4.69) is 63.9 Å². The lowest BCUT2D eigenvalue weighted by atomic mass is 10.1. The van der Waals surface area contributed by atoms with Gasteiger partial charge in [-0.2, -0.15) is 0 Å². The molecule has 0 saturated heterocycles. The van der Waals surface area contributed by atoms with Crippen LogP contribution in [0.2, 0.25) is 0 Å². The summed E-state index contributed by atoms with van der Waals surface area (Å²) < 4.78 is 13.4. The van der Waals surface area contributed by atoms with Crippen molar-refractivity contribution in [1.29, 1.82) is 0 Å².